The fraction of sp³-hybridized carbons (Fsp3) is 0.167. The number of nitrogens with zero attached hydrogens (tertiary/aromatic N) is 2. The third-order valence-electron chi connectivity index (χ3n) is 2.46. The molecule has 1 aromatic carbocycles. The van der Waals surface area contributed by atoms with Gasteiger partial charge in [-0.1, -0.05) is 17.7 Å². The third kappa shape index (κ3) is 1.82. The molecule has 0 spiro atoms. The summed E-state index contributed by atoms with van der Waals surface area (Å²) in [4.78, 5) is 11.1. The van der Waals surface area contributed by atoms with Crippen LogP contribution in [0.3, 0.4) is 0 Å². The third-order valence-corrected chi connectivity index (χ3v) is 2.46. The maximum absolute atomic E-state index is 11.1. The molecular formula is C12H13N3O. The molecule has 1 amide bonds. The van der Waals surface area contributed by atoms with Crippen LogP contribution in [-0.4, -0.2) is 15.7 Å². The molecule has 1 heterocycles. The van der Waals surface area contributed by atoms with E-state index >= 15 is 0 Å². The first-order valence-corrected chi connectivity index (χ1v) is 5.01. The van der Waals surface area contributed by atoms with Crippen LogP contribution < -0.4 is 5.73 Å². The minimum Gasteiger partial charge on any atom is -0.365 e. The lowest BCUT2D eigenvalue weighted by Gasteiger charge is -2.00. The van der Waals surface area contributed by atoms with E-state index < -0.39 is 5.91 Å². The first-order chi connectivity index (χ1) is 7.58. The molecule has 4 nitrogen and oxygen atoms in total. The Kier molecular flexibility index (Phi) is 2.48. The second kappa shape index (κ2) is 3.81. The van der Waals surface area contributed by atoms with Crippen molar-refractivity contribution in [2.75, 3.05) is 0 Å². The van der Waals surface area contributed by atoms with Gasteiger partial charge < -0.3 is 5.73 Å². The summed E-state index contributed by atoms with van der Waals surface area (Å²) in [5.74, 6) is -0.448. The molecule has 0 fully saturated rings. The summed E-state index contributed by atoms with van der Waals surface area (Å²) in [7, 11) is 0. The summed E-state index contributed by atoms with van der Waals surface area (Å²) in [6.07, 6.45) is 1.66. The fourth-order valence-electron chi connectivity index (χ4n) is 1.53. The lowest BCUT2D eigenvalue weighted by Crippen LogP contribution is -2.11. The van der Waals surface area contributed by atoms with E-state index in [1.807, 2.05) is 31.2 Å². The van der Waals surface area contributed by atoms with Gasteiger partial charge in [0, 0.05) is 6.20 Å². The second-order valence-corrected chi connectivity index (χ2v) is 3.77. The van der Waals surface area contributed by atoms with Gasteiger partial charge >= 0.3 is 0 Å². The van der Waals surface area contributed by atoms with Gasteiger partial charge in [-0.05, 0) is 26.0 Å². The number of nitrogens with two attached hydrogens (primary N) is 1. The molecule has 0 unspecified atom stereocenters. The van der Waals surface area contributed by atoms with E-state index in [1.165, 1.54) is 5.56 Å². The largest absolute Gasteiger partial charge is 0.365 e. The minimum atomic E-state index is -0.448. The van der Waals surface area contributed by atoms with Crippen molar-refractivity contribution >= 4 is 5.91 Å². The van der Waals surface area contributed by atoms with Crippen LogP contribution >= 0.6 is 0 Å². The second-order valence-electron chi connectivity index (χ2n) is 3.77. The topological polar surface area (TPSA) is 60.9 Å². The van der Waals surface area contributed by atoms with E-state index in [-0.39, 0.29) is 0 Å². The van der Waals surface area contributed by atoms with Gasteiger partial charge in [-0.15, -0.1) is 0 Å². The van der Waals surface area contributed by atoms with Crippen LogP contribution in [0.15, 0.2) is 30.5 Å². The highest BCUT2D eigenvalue weighted by Crippen LogP contribution is 2.12. The molecule has 0 saturated heterocycles. The molecule has 0 bridgehead atoms. The van der Waals surface area contributed by atoms with Crippen molar-refractivity contribution < 1.29 is 4.79 Å². The van der Waals surface area contributed by atoms with Crippen molar-refractivity contribution in [1.82, 2.24) is 9.78 Å². The van der Waals surface area contributed by atoms with E-state index in [1.54, 1.807) is 17.8 Å². The van der Waals surface area contributed by atoms with Gasteiger partial charge in [0.25, 0.3) is 5.91 Å². The summed E-state index contributed by atoms with van der Waals surface area (Å²) in [6, 6.07) is 7.89. The summed E-state index contributed by atoms with van der Waals surface area (Å²) >= 11 is 0. The van der Waals surface area contributed by atoms with E-state index in [4.69, 9.17) is 5.73 Å². The van der Waals surface area contributed by atoms with Crippen LogP contribution in [0.2, 0.25) is 0 Å². The van der Waals surface area contributed by atoms with Crippen LogP contribution in [0.25, 0.3) is 5.69 Å². The van der Waals surface area contributed by atoms with Gasteiger partial charge in [0.1, 0.15) is 0 Å². The minimum absolute atomic E-state index is 0.448. The van der Waals surface area contributed by atoms with Crippen molar-refractivity contribution in [2.24, 2.45) is 5.73 Å². The summed E-state index contributed by atoms with van der Waals surface area (Å²) in [5, 5.41) is 4.25. The Bertz CT molecular complexity index is 526. The number of aromatic nitrogens is 2. The number of rotatable bonds is 2. The van der Waals surface area contributed by atoms with Gasteiger partial charge in [-0.3, -0.25) is 4.79 Å². The highest BCUT2D eigenvalue weighted by molar-refractivity contribution is 5.93. The first kappa shape index (κ1) is 10.4. The smallest absolute Gasteiger partial charge is 0.252 e. The molecule has 0 aliphatic carbocycles. The average Bonchev–Trinajstić information content (AvgIpc) is 2.61. The zero-order valence-electron chi connectivity index (χ0n) is 9.27. The Morgan fingerprint density at radius 2 is 1.88 bits per heavy atom. The van der Waals surface area contributed by atoms with Crippen LogP contribution in [0.1, 0.15) is 21.6 Å². The number of carbonyl (C=O) groups is 1. The van der Waals surface area contributed by atoms with E-state index in [9.17, 15) is 4.79 Å². The van der Waals surface area contributed by atoms with Gasteiger partial charge in [0.05, 0.1) is 16.9 Å². The Labute approximate surface area is 93.7 Å². The molecule has 0 atom stereocenters. The van der Waals surface area contributed by atoms with Crippen LogP contribution in [0.4, 0.5) is 0 Å². The molecular weight excluding hydrogens is 202 g/mol. The molecule has 2 rings (SSSR count). The molecule has 0 aliphatic rings. The molecule has 0 saturated carbocycles. The Balaban J connectivity index is 2.45. The van der Waals surface area contributed by atoms with Gasteiger partial charge in [-0.25, -0.2) is 4.68 Å². The normalized spacial score (nSPS) is 10.4. The number of hydrogen-bond acceptors (Lipinski definition) is 2. The Morgan fingerprint density at radius 1 is 1.25 bits per heavy atom. The van der Waals surface area contributed by atoms with E-state index in [0.717, 1.165) is 5.69 Å². The zero-order valence-corrected chi connectivity index (χ0v) is 9.27. The maximum atomic E-state index is 11.1. The Hall–Kier alpha value is -2.10. The number of amides is 1. The molecule has 16 heavy (non-hydrogen) atoms. The molecule has 0 radical (unpaired) electrons. The van der Waals surface area contributed by atoms with Crippen molar-refractivity contribution in [3.63, 3.8) is 0 Å². The number of benzene rings is 1. The predicted molar refractivity (Wildman–Crippen MR) is 61.6 cm³/mol. The average molecular weight is 215 g/mol. The summed E-state index contributed by atoms with van der Waals surface area (Å²) < 4.78 is 1.66. The molecule has 2 aromatic rings. The van der Waals surface area contributed by atoms with E-state index in [0.29, 0.717) is 11.3 Å². The van der Waals surface area contributed by atoms with Gasteiger partial charge in [0.2, 0.25) is 0 Å². The summed E-state index contributed by atoms with van der Waals surface area (Å²) in [6.45, 7) is 3.79. The van der Waals surface area contributed by atoms with Crippen molar-refractivity contribution in [1.29, 1.82) is 0 Å². The standard InChI is InChI=1S/C12H13N3O/c1-8-3-5-10(6-4-8)15-7-11(12(13)16)9(2)14-15/h3-7H,1-2H3,(H2,13,16). The molecule has 1 aromatic heterocycles. The quantitative estimate of drug-likeness (QED) is 0.826. The monoisotopic (exact) mass is 215 g/mol. The lowest BCUT2D eigenvalue weighted by molar-refractivity contribution is 0.0999. The maximum Gasteiger partial charge on any atom is 0.252 e. The number of hydrogen-bond donors (Lipinski definition) is 1. The Morgan fingerprint density at radius 3 is 2.38 bits per heavy atom. The zero-order chi connectivity index (χ0) is 11.7. The number of primary amides is 1. The predicted octanol–water partition coefficient (Wildman–Crippen LogP) is 1.59. The van der Waals surface area contributed by atoms with E-state index in [2.05, 4.69) is 5.10 Å². The van der Waals surface area contributed by atoms with Crippen molar-refractivity contribution in [3.8, 4) is 5.69 Å². The highest BCUT2D eigenvalue weighted by atomic mass is 16.1. The lowest BCUT2D eigenvalue weighted by atomic mass is 10.2. The first-order valence-electron chi connectivity index (χ1n) is 5.01. The van der Waals surface area contributed by atoms with Gasteiger partial charge in [-0.2, -0.15) is 5.10 Å². The fourth-order valence-corrected chi connectivity index (χ4v) is 1.53. The number of aryl methyl sites for hydroxylation is 2. The summed E-state index contributed by atoms with van der Waals surface area (Å²) in [5.41, 5.74) is 8.44. The SMILES string of the molecule is Cc1ccc(-n2cc(C(N)=O)c(C)n2)cc1. The molecule has 4 heteroatoms. The van der Waals surface area contributed by atoms with Crippen molar-refractivity contribution in [2.45, 2.75) is 13.8 Å². The van der Waals surface area contributed by atoms with Crippen LogP contribution in [-0.2, 0) is 0 Å². The molecule has 0 aliphatic heterocycles. The van der Waals surface area contributed by atoms with Crippen molar-refractivity contribution in [3.05, 3.63) is 47.3 Å². The molecule has 2 N–H and O–H groups in total. The highest BCUT2D eigenvalue weighted by Gasteiger charge is 2.10. The van der Waals surface area contributed by atoms with Gasteiger partial charge in [0.15, 0.2) is 0 Å². The molecule has 82 valence electrons. The van der Waals surface area contributed by atoms with Crippen LogP contribution in [0, 0.1) is 13.8 Å². The number of carbonyl (C=O) groups excluding carboxylic acids is 1. The van der Waals surface area contributed by atoms with Crippen LogP contribution in [0.5, 0.6) is 0 Å².